The normalized spacial score (nSPS) is 21.4. The van der Waals surface area contributed by atoms with Crippen molar-refractivity contribution in [3.8, 4) is 0 Å². The molecule has 0 saturated carbocycles. The Kier molecular flexibility index (Phi) is 4.95. The van der Waals surface area contributed by atoms with Gasteiger partial charge in [-0.2, -0.15) is 0 Å². The monoisotopic (exact) mass is 257 g/mol. The molecule has 1 saturated heterocycles. The van der Waals surface area contributed by atoms with Crippen molar-refractivity contribution in [2.24, 2.45) is 5.92 Å². The number of carboxylic acid groups (broad SMARTS) is 1. The van der Waals surface area contributed by atoms with Gasteiger partial charge in [0, 0.05) is 13.1 Å². The molecule has 3 N–H and O–H groups in total. The molecule has 1 rings (SSSR count). The first-order valence-electron chi connectivity index (χ1n) is 6.29. The summed E-state index contributed by atoms with van der Waals surface area (Å²) in [5, 5.41) is 14.1. The fourth-order valence-electron chi connectivity index (χ4n) is 2.06. The zero-order valence-corrected chi connectivity index (χ0v) is 11.3. The predicted molar refractivity (Wildman–Crippen MR) is 68.5 cm³/mol. The number of nitrogens with zero attached hydrogens (tertiary/aromatic N) is 1. The smallest absolute Gasteiger partial charge is 0.328 e. The number of carboxylic acids is 1. The molecular formula is C12H23N3O3. The van der Waals surface area contributed by atoms with Crippen LogP contribution in [-0.2, 0) is 4.79 Å². The van der Waals surface area contributed by atoms with E-state index >= 15 is 0 Å². The summed E-state index contributed by atoms with van der Waals surface area (Å²) >= 11 is 0. The summed E-state index contributed by atoms with van der Waals surface area (Å²) in [6.07, 6.45) is 2.25. The van der Waals surface area contributed by atoms with Crippen LogP contribution in [0.3, 0.4) is 0 Å². The molecule has 0 aliphatic carbocycles. The first kappa shape index (κ1) is 14.8. The Morgan fingerprint density at radius 1 is 1.44 bits per heavy atom. The van der Waals surface area contributed by atoms with Crippen LogP contribution in [-0.4, -0.2) is 54.2 Å². The van der Waals surface area contributed by atoms with E-state index in [1.54, 1.807) is 0 Å². The van der Waals surface area contributed by atoms with Crippen LogP contribution in [0.4, 0.5) is 4.79 Å². The van der Waals surface area contributed by atoms with E-state index in [4.69, 9.17) is 5.11 Å². The molecule has 0 aromatic heterocycles. The van der Waals surface area contributed by atoms with Gasteiger partial charge in [0.15, 0.2) is 0 Å². The van der Waals surface area contributed by atoms with E-state index in [1.165, 1.54) is 13.8 Å². The Morgan fingerprint density at radius 3 is 2.67 bits per heavy atom. The van der Waals surface area contributed by atoms with E-state index in [0.717, 1.165) is 25.9 Å². The largest absolute Gasteiger partial charge is 0.480 e. The second-order valence-electron chi connectivity index (χ2n) is 5.54. The predicted octanol–water partition coefficient (Wildman–Crippen LogP) is 0.491. The highest BCUT2D eigenvalue weighted by Gasteiger charge is 2.29. The average Bonchev–Trinajstić information content (AvgIpc) is 2.25. The molecule has 1 fully saturated rings. The van der Waals surface area contributed by atoms with Crippen LogP contribution in [0, 0.1) is 5.92 Å². The molecule has 1 unspecified atom stereocenters. The number of amides is 2. The zero-order chi connectivity index (χ0) is 13.8. The molecule has 2 amide bonds. The number of likely N-dealkylation sites (tertiary alicyclic amines) is 1. The third-order valence-corrected chi connectivity index (χ3v) is 3.23. The lowest BCUT2D eigenvalue weighted by Gasteiger charge is -2.30. The summed E-state index contributed by atoms with van der Waals surface area (Å²) in [4.78, 5) is 24.7. The minimum Gasteiger partial charge on any atom is -0.480 e. The quantitative estimate of drug-likeness (QED) is 0.684. The molecule has 6 heteroatoms. The Hall–Kier alpha value is -1.30. The number of hydrogen-bond acceptors (Lipinski definition) is 3. The fourth-order valence-corrected chi connectivity index (χ4v) is 2.06. The van der Waals surface area contributed by atoms with Crippen molar-refractivity contribution >= 4 is 12.0 Å². The minimum absolute atomic E-state index is 0.421. The number of rotatable bonds is 4. The van der Waals surface area contributed by atoms with Gasteiger partial charge in [-0.25, -0.2) is 9.59 Å². The fraction of sp³-hybridized carbons (Fsp3) is 0.833. The zero-order valence-electron chi connectivity index (χ0n) is 11.3. The maximum Gasteiger partial charge on any atom is 0.328 e. The molecule has 0 radical (unpaired) electrons. The van der Waals surface area contributed by atoms with E-state index in [9.17, 15) is 9.59 Å². The van der Waals surface area contributed by atoms with Gasteiger partial charge in [0.25, 0.3) is 0 Å². The Bertz CT molecular complexity index is 318. The second-order valence-corrected chi connectivity index (χ2v) is 5.54. The van der Waals surface area contributed by atoms with Crippen molar-refractivity contribution < 1.29 is 14.7 Å². The Morgan fingerprint density at radius 2 is 2.11 bits per heavy atom. The third-order valence-electron chi connectivity index (χ3n) is 3.23. The van der Waals surface area contributed by atoms with Gasteiger partial charge in [-0.15, -0.1) is 0 Å². The lowest BCUT2D eigenvalue weighted by molar-refractivity contribution is -0.142. The van der Waals surface area contributed by atoms with Gasteiger partial charge in [0.1, 0.15) is 5.54 Å². The molecule has 18 heavy (non-hydrogen) atoms. The molecule has 0 aromatic carbocycles. The van der Waals surface area contributed by atoms with E-state index in [0.29, 0.717) is 12.5 Å². The van der Waals surface area contributed by atoms with E-state index < -0.39 is 17.5 Å². The highest BCUT2D eigenvalue weighted by molar-refractivity contribution is 5.85. The molecule has 1 heterocycles. The van der Waals surface area contributed by atoms with Gasteiger partial charge in [-0.1, -0.05) is 0 Å². The van der Waals surface area contributed by atoms with Crippen LogP contribution in [0.15, 0.2) is 0 Å². The number of nitrogens with one attached hydrogen (secondary N) is 2. The van der Waals surface area contributed by atoms with Crippen molar-refractivity contribution in [2.75, 3.05) is 26.7 Å². The number of hydrogen-bond donors (Lipinski definition) is 3. The highest BCUT2D eigenvalue weighted by Crippen LogP contribution is 2.13. The molecule has 0 bridgehead atoms. The lowest BCUT2D eigenvalue weighted by Crippen LogP contribution is -2.54. The van der Waals surface area contributed by atoms with Crippen LogP contribution < -0.4 is 10.6 Å². The van der Waals surface area contributed by atoms with Gasteiger partial charge < -0.3 is 20.6 Å². The van der Waals surface area contributed by atoms with Crippen molar-refractivity contribution in [2.45, 2.75) is 32.2 Å². The van der Waals surface area contributed by atoms with E-state index in [2.05, 4.69) is 22.6 Å². The summed E-state index contributed by atoms with van der Waals surface area (Å²) < 4.78 is 0. The summed E-state index contributed by atoms with van der Waals surface area (Å²) in [6, 6.07) is -0.421. The lowest BCUT2D eigenvalue weighted by atomic mass is 9.98. The number of piperidine rings is 1. The molecule has 1 aliphatic heterocycles. The van der Waals surface area contributed by atoms with E-state index in [1.807, 2.05) is 0 Å². The van der Waals surface area contributed by atoms with Crippen LogP contribution >= 0.6 is 0 Å². The van der Waals surface area contributed by atoms with Crippen LogP contribution in [0.25, 0.3) is 0 Å². The van der Waals surface area contributed by atoms with Gasteiger partial charge in [-0.3, -0.25) is 0 Å². The maximum absolute atomic E-state index is 11.6. The van der Waals surface area contributed by atoms with Crippen molar-refractivity contribution in [1.82, 2.24) is 15.5 Å². The number of aliphatic carboxylic acids is 1. The molecule has 1 aliphatic rings. The molecule has 6 nitrogen and oxygen atoms in total. The molecule has 0 spiro atoms. The number of urea groups is 1. The third kappa shape index (κ3) is 4.52. The molecule has 0 aromatic rings. The van der Waals surface area contributed by atoms with Crippen molar-refractivity contribution in [3.63, 3.8) is 0 Å². The Balaban J connectivity index is 2.31. The number of carbonyl (C=O) groups excluding carboxylic acids is 1. The summed E-state index contributed by atoms with van der Waals surface area (Å²) in [5.41, 5.74) is -1.24. The average molecular weight is 257 g/mol. The standard InChI is InChI=1S/C12H23N3O3/c1-12(2,10(16)17)14-11(18)13-7-9-5-4-6-15(3)8-9/h9H,4-8H2,1-3H3,(H,16,17)(H2,13,14,18). The summed E-state index contributed by atoms with van der Waals surface area (Å²) in [5.74, 6) is -0.600. The van der Waals surface area contributed by atoms with Crippen molar-refractivity contribution in [3.05, 3.63) is 0 Å². The molecule has 104 valence electrons. The Labute approximate surface area is 108 Å². The van der Waals surface area contributed by atoms with Crippen LogP contribution in [0.1, 0.15) is 26.7 Å². The summed E-state index contributed by atoms with van der Waals surface area (Å²) in [7, 11) is 2.07. The first-order valence-corrected chi connectivity index (χ1v) is 6.29. The number of carbonyl (C=O) groups is 2. The molecular weight excluding hydrogens is 234 g/mol. The summed E-state index contributed by atoms with van der Waals surface area (Å²) in [6.45, 7) is 5.59. The van der Waals surface area contributed by atoms with Gasteiger partial charge in [0.2, 0.25) is 0 Å². The van der Waals surface area contributed by atoms with E-state index in [-0.39, 0.29) is 0 Å². The SMILES string of the molecule is CN1CCCC(CNC(=O)NC(C)(C)C(=O)O)C1. The van der Waals surface area contributed by atoms with Crippen LogP contribution in [0.2, 0.25) is 0 Å². The van der Waals surface area contributed by atoms with Gasteiger partial charge >= 0.3 is 12.0 Å². The minimum atomic E-state index is -1.24. The highest BCUT2D eigenvalue weighted by atomic mass is 16.4. The topological polar surface area (TPSA) is 81.7 Å². The van der Waals surface area contributed by atoms with Crippen LogP contribution in [0.5, 0.6) is 0 Å². The van der Waals surface area contributed by atoms with Crippen molar-refractivity contribution in [1.29, 1.82) is 0 Å². The van der Waals surface area contributed by atoms with Gasteiger partial charge in [-0.05, 0) is 46.2 Å². The maximum atomic E-state index is 11.6. The van der Waals surface area contributed by atoms with Gasteiger partial charge in [0.05, 0.1) is 0 Å². The first-order chi connectivity index (χ1) is 8.31. The molecule has 1 atom stereocenters. The second kappa shape index (κ2) is 6.04.